The first-order valence-corrected chi connectivity index (χ1v) is 15.9. The highest BCUT2D eigenvalue weighted by molar-refractivity contribution is 7.92. The average Bonchev–Trinajstić information content (AvgIpc) is 3.03. The quantitative estimate of drug-likeness (QED) is 0.255. The normalized spacial score (nSPS) is 17.5. The maximum atomic E-state index is 13.8. The van der Waals surface area contributed by atoms with Gasteiger partial charge in [-0.05, 0) is 48.7 Å². The highest BCUT2D eigenvalue weighted by Crippen LogP contribution is 2.32. The van der Waals surface area contributed by atoms with Crippen LogP contribution >= 0.6 is 0 Å². The maximum absolute atomic E-state index is 13.8. The number of fused-ring (bicyclic) bond motifs is 2. The van der Waals surface area contributed by atoms with E-state index in [4.69, 9.17) is 4.74 Å². The van der Waals surface area contributed by atoms with Gasteiger partial charge in [-0.15, -0.1) is 0 Å². The van der Waals surface area contributed by atoms with Crippen LogP contribution in [0.5, 0.6) is 5.75 Å². The molecule has 4 aromatic carbocycles. The number of benzene rings is 4. The number of sulfonamides is 1. The van der Waals surface area contributed by atoms with Crippen molar-refractivity contribution in [2.45, 2.75) is 30.9 Å². The number of carbonyl (C=O) groups excluding carboxylic acids is 2. The number of carbonyl (C=O) groups is 2. The molecule has 0 radical (unpaired) electrons. The molecule has 10 nitrogen and oxygen atoms in total. The number of amides is 3. The summed E-state index contributed by atoms with van der Waals surface area (Å²) in [6, 6.07) is 25.1. The zero-order valence-electron chi connectivity index (χ0n) is 24.8. The van der Waals surface area contributed by atoms with Crippen LogP contribution in [0, 0.1) is 5.92 Å². The van der Waals surface area contributed by atoms with Gasteiger partial charge < -0.3 is 25.0 Å². The van der Waals surface area contributed by atoms with Crippen LogP contribution in [-0.2, 0) is 10.0 Å². The van der Waals surface area contributed by atoms with Gasteiger partial charge in [-0.3, -0.25) is 9.52 Å². The number of ether oxygens (including phenoxy) is 1. The minimum Gasteiger partial charge on any atom is -0.487 e. The van der Waals surface area contributed by atoms with Crippen molar-refractivity contribution in [1.29, 1.82) is 0 Å². The van der Waals surface area contributed by atoms with Gasteiger partial charge in [0.2, 0.25) is 0 Å². The topological polar surface area (TPSA) is 128 Å². The monoisotopic (exact) mass is 616 g/mol. The smallest absolute Gasteiger partial charge is 0.321 e. The molecule has 3 amide bonds. The second-order valence-electron chi connectivity index (χ2n) is 11.1. The Balaban J connectivity index is 1.40. The molecule has 0 saturated heterocycles. The molecule has 0 bridgehead atoms. The zero-order chi connectivity index (χ0) is 31.4. The molecule has 5 rings (SSSR count). The number of nitrogens with one attached hydrogen (secondary N) is 2. The Morgan fingerprint density at radius 2 is 1.75 bits per heavy atom. The minimum atomic E-state index is -3.90. The molecular formula is C33H36N4O6S. The second kappa shape index (κ2) is 12.9. The molecule has 44 heavy (non-hydrogen) atoms. The Morgan fingerprint density at radius 3 is 2.50 bits per heavy atom. The van der Waals surface area contributed by atoms with E-state index in [2.05, 4.69) is 10.0 Å². The molecule has 0 saturated carbocycles. The van der Waals surface area contributed by atoms with E-state index in [0.29, 0.717) is 5.69 Å². The third-order valence-corrected chi connectivity index (χ3v) is 9.20. The van der Waals surface area contributed by atoms with E-state index in [-0.39, 0.29) is 53.5 Å². The first-order valence-electron chi connectivity index (χ1n) is 14.4. The summed E-state index contributed by atoms with van der Waals surface area (Å²) in [6.07, 6.45) is -0.523. The van der Waals surface area contributed by atoms with Gasteiger partial charge in [0, 0.05) is 30.6 Å². The molecule has 1 heterocycles. The number of hydrogen-bond acceptors (Lipinski definition) is 6. The molecule has 0 fully saturated rings. The predicted molar refractivity (Wildman–Crippen MR) is 170 cm³/mol. The summed E-state index contributed by atoms with van der Waals surface area (Å²) in [5.74, 6) is -0.355. The van der Waals surface area contributed by atoms with Crippen molar-refractivity contribution in [3.8, 4) is 5.75 Å². The summed E-state index contributed by atoms with van der Waals surface area (Å²) < 4.78 is 34.8. The maximum Gasteiger partial charge on any atom is 0.321 e. The molecule has 0 spiro atoms. The van der Waals surface area contributed by atoms with Crippen LogP contribution in [0.1, 0.15) is 24.2 Å². The van der Waals surface area contributed by atoms with Crippen molar-refractivity contribution in [2.24, 2.45) is 5.92 Å². The molecule has 11 heteroatoms. The Morgan fingerprint density at radius 1 is 1.05 bits per heavy atom. The van der Waals surface area contributed by atoms with Crippen molar-refractivity contribution < 1.29 is 27.9 Å². The molecule has 3 atom stereocenters. The van der Waals surface area contributed by atoms with E-state index < -0.39 is 28.1 Å². The van der Waals surface area contributed by atoms with Gasteiger partial charge >= 0.3 is 6.03 Å². The number of nitrogens with zero attached hydrogens (tertiary/aromatic N) is 2. The van der Waals surface area contributed by atoms with E-state index in [9.17, 15) is 23.1 Å². The van der Waals surface area contributed by atoms with E-state index in [1.165, 1.54) is 29.2 Å². The number of likely N-dealkylation sites (N-methyl/N-ethyl adjacent to an activating group) is 1. The van der Waals surface area contributed by atoms with Crippen molar-refractivity contribution in [2.75, 3.05) is 36.8 Å². The lowest BCUT2D eigenvalue weighted by molar-refractivity contribution is 0.0371. The first-order chi connectivity index (χ1) is 21.1. The van der Waals surface area contributed by atoms with Gasteiger partial charge in [-0.2, -0.15) is 0 Å². The molecular weight excluding hydrogens is 580 g/mol. The lowest BCUT2D eigenvalue weighted by atomic mass is 9.99. The van der Waals surface area contributed by atoms with Crippen LogP contribution < -0.4 is 14.8 Å². The summed E-state index contributed by atoms with van der Waals surface area (Å²) in [5, 5.41) is 14.9. The Hall–Kier alpha value is -4.61. The summed E-state index contributed by atoms with van der Waals surface area (Å²) in [4.78, 5) is 30.2. The third-order valence-electron chi connectivity index (χ3n) is 7.80. The highest BCUT2D eigenvalue weighted by atomic mass is 32.2. The van der Waals surface area contributed by atoms with Gasteiger partial charge in [0.25, 0.3) is 15.9 Å². The SMILES string of the molecule is C[C@H](CO)N1C[C@H](C)[C@H](CN(C)C(=O)Nc2cccc3ccccc23)Oc2ccc(NS(=O)(=O)c3ccccc3)cc2C1=O. The van der Waals surface area contributed by atoms with Crippen LogP contribution in [-0.4, -0.2) is 74.2 Å². The third kappa shape index (κ3) is 6.63. The standard InChI is InChI=1S/C33H36N4O6S/c1-22-19-37(23(2)21-38)32(39)28-18-25(35-44(41,42)26-12-5-4-6-13-26)16-17-30(28)43-31(22)20-36(3)33(40)34-29-15-9-11-24-10-7-8-14-27(24)29/h4-18,22-23,31,35,38H,19-21H2,1-3H3,(H,34,40)/t22-,23+,31-/m0/s1. The van der Waals surface area contributed by atoms with E-state index >= 15 is 0 Å². The van der Waals surface area contributed by atoms with Gasteiger partial charge in [0.15, 0.2) is 0 Å². The molecule has 0 aromatic heterocycles. The van der Waals surface area contributed by atoms with Gasteiger partial charge in [0.1, 0.15) is 11.9 Å². The molecule has 230 valence electrons. The van der Waals surface area contributed by atoms with Crippen LogP contribution in [0.4, 0.5) is 16.2 Å². The lowest BCUT2D eigenvalue weighted by Gasteiger charge is -2.38. The Kier molecular flexibility index (Phi) is 9.07. The fourth-order valence-electron chi connectivity index (χ4n) is 5.22. The Bertz CT molecular complexity index is 1760. The van der Waals surface area contributed by atoms with Crippen LogP contribution in [0.25, 0.3) is 10.8 Å². The van der Waals surface area contributed by atoms with Gasteiger partial charge in [-0.25, -0.2) is 13.2 Å². The number of rotatable bonds is 8. The fraction of sp³-hybridized carbons (Fsp3) is 0.273. The van der Waals surface area contributed by atoms with Crippen LogP contribution in [0.2, 0.25) is 0 Å². The van der Waals surface area contributed by atoms with Crippen molar-refractivity contribution in [1.82, 2.24) is 9.80 Å². The Labute approximate surface area is 257 Å². The van der Waals surface area contributed by atoms with Crippen LogP contribution in [0.3, 0.4) is 0 Å². The number of aliphatic hydroxyl groups excluding tert-OH is 1. The highest BCUT2D eigenvalue weighted by Gasteiger charge is 2.34. The number of hydrogen-bond donors (Lipinski definition) is 3. The molecule has 0 unspecified atom stereocenters. The minimum absolute atomic E-state index is 0.0866. The van der Waals surface area contributed by atoms with Crippen molar-refractivity contribution >= 4 is 44.1 Å². The molecule has 3 N–H and O–H groups in total. The van der Waals surface area contributed by atoms with Crippen molar-refractivity contribution in [3.05, 3.63) is 96.6 Å². The predicted octanol–water partition coefficient (Wildman–Crippen LogP) is 5.02. The molecule has 4 aromatic rings. The van der Waals surface area contributed by atoms with E-state index in [1.54, 1.807) is 43.1 Å². The molecule has 0 aliphatic carbocycles. The van der Waals surface area contributed by atoms with Crippen LogP contribution in [0.15, 0.2) is 95.9 Å². The van der Waals surface area contributed by atoms with E-state index in [1.807, 2.05) is 49.4 Å². The second-order valence-corrected chi connectivity index (χ2v) is 12.8. The van der Waals surface area contributed by atoms with Crippen molar-refractivity contribution in [3.63, 3.8) is 0 Å². The zero-order valence-corrected chi connectivity index (χ0v) is 25.6. The summed E-state index contributed by atoms with van der Waals surface area (Å²) in [6.45, 7) is 3.87. The number of aliphatic hydroxyl groups is 1. The molecule has 1 aliphatic heterocycles. The largest absolute Gasteiger partial charge is 0.487 e. The number of anilines is 2. The number of urea groups is 1. The molecule has 1 aliphatic rings. The summed E-state index contributed by atoms with van der Waals surface area (Å²) in [5.41, 5.74) is 1.03. The average molecular weight is 617 g/mol. The van der Waals surface area contributed by atoms with E-state index in [0.717, 1.165) is 10.8 Å². The van der Waals surface area contributed by atoms with Gasteiger partial charge in [0.05, 0.1) is 35.3 Å². The summed E-state index contributed by atoms with van der Waals surface area (Å²) >= 11 is 0. The fourth-order valence-corrected chi connectivity index (χ4v) is 6.29. The first kappa shape index (κ1) is 30.8. The van der Waals surface area contributed by atoms with Gasteiger partial charge in [-0.1, -0.05) is 61.5 Å². The summed E-state index contributed by atoms with van der Waals surface area (Å²) in [7, 11) is -2.22. The lowest BCUT2D eigenvalue weighted by Crippen LogP contribution is -2.50.